The molecule has 1 heteroatoms. The second-order valence-corrected chi connectivity index (χ2v) is 5.36. The molecule has 66 valence electrons. The lowest BCUT2D eigenvalue weighted by atomic mass is 9.73. The number of ether oxygens (including phenoxy) is 1. The Bertz CT molecular complexity index is 141. The molecule has 1 rings (SSSR count). The summed E-state index contributed by atoms with van der Waals surface area (Å²) in [5, 5.41) is 0. The molecule has 11 heavy (non-hydrogen) atoms. The van der Waals surface area contributed by atoms with Crippen LogP contribution in [0.3, 0.4) is 0 Å². The maximum atomic E-state index is 5.73. The van der Waals surface area contributed by atoms with Crippen molar-refractivity contribution in [2.75, 3.05) is 6.61 Å². The van der Waals surface area contributed by atoms with Crippen LogP contribution in [0.25, 0.3) is 0 Å². The summed E-state index contributed by atoms with van der Waals surface area (Å²) >= 11 is 0. The van der Waals surface area contributed by atoms with Crippen molar-refractivity contribution in [2.45, 2.75) is 47.1 Å². The number of hydrogen-bond acceptors (Lipinski definition) is 1. The van der Waals surface area contributed by atoms with Crippen molar-refractivity contribution in [3.8, 4) is 0 Å². The van der Waals surface area contributed by atoms with Crippen molar-refractivity contribution in [3.63, 3.8) is 0 Å². The van der Waals surface area contributed by atoms with Gasteiger partial charge < -0.3 is 4.74 Å². The molecule has 0 aromatic carbocycles. The third-order valence-corrected chi connectivity index (χ3v) is 2.53. The molecule has 0 amide bonds. The first-order chi connectivity index (χ1) is 4.84. The smallest absolute Gasteiger partial charge is 0.0675 e. The molecule has 0 unspecified atom stereocenters. The third kappa shape index (κ3) is 1.76. The summed E-state index contributed by atoms with van der Waals surface area (Å²) in [4.78, 5) is 0. The molecule has 1 nitrogen and oxygen atoms in total. The van der Waals surface area contributed by atoms with Crippen LogP contribution >= 0.6 is 0 Å². The highest BCUT2D eigenvalue weighted by molar-refractivity contribution is 4.91. The topological polar surface area (TPSA) is 9.23 Å². The molecule has 1 aliphatic heterocycles. The van der Waals surface area contributed by atoms with E-state index in [-0.39, 0.29) is 0 Å². The first-order valence-corrected chi connectivity index (χ1v) is 4.46. The Morgan fingerprint density at radius 2 is 1.82 bits per heavy atom. The second-order valence-electron chi connectivity index (χ2n) is 5.36. The summed E-state index contributed by atoms with van der Waals surface area (Å²) in [7, 11) is 0. The Labute approximate surface area is 70.1 Å². The molecule has 0 spiro atoms. The van der Waals surface area contributed by atoms with E-state index in [2.05, 4.69) is 34.6 Å². The van der Waals surface area contributed by atoms with E-state index in [1.165, 1.54) is 6.42 Å². The minimum absolute atomic E-state index is 0.292. The zero-order valence-electron chi connectivity index (χ0n) is 8.40. The van der Waals surface area contributed by atoms with Gasteiger partial charge in [0.2, 0.25) is 0 Å². The van der Waals surface area contributed by atoms with E-state index in [9.17, 15) is 0 Å². The van der Waals surface area contributed by atoms with Gasteiger partial charge in [-0.2, -0.15) is 0 Å². The summed E-state index contributed by atoms with van der Waals surface area (Å²) in [6.07, 6.45) is 1.63. The quantitative estimate of drug-likeness (QED) is 0.524. The van der Waals surface area contributed by atoms with Gasteiger partial charge in [0.25, 0.3) is 0 Å². The van der Waals surface area contributed by atoms with E-state index in [0.717, 1.165) is 6.61 Å². The van der Waals surface area contributed by atoms with Gasteiger partial charge in [0.15, 0.2) is 0 Å². The largest absolute Gasteiger partial charge is 0.377 e. The van der Waals surface area contributed by atoms with Gasteiger partial charge in [0.1, 0.15) is 0 Å². The molecule has 0 aliphatic carbocycles. The van der Waals surface area contributed by atoms with Crippen LogP contribution in [0.2, 0.25) is 0 Å². The van der Waals surface area contributed by atoms with E-state index in [1.807, 2.05) is 0 Å². The van der Waals surface area contributed by atoms with Crippen molar-refractivity contribution in [2.24, 2.45) is 10.8 Å². The first-order valence-electron chi connectivity index (χ1n) is 4.46. The number of hydrogen-bond donors (Lipinski definition) is 0. The van der Waals surface area contributed by atoms with Crippen LogP contribution in [-0.2, 0) is 4.74 Å². The molecule has 0 N–H and O–H groups in total. The van der Waals surface area contributed by atoms with Gasteiger partial charge in [-0.1, -0.05) is 34.6 Å². The molecular weight excluding hydrogens is 136 g/mol. The van der Waals surface area contributed by atoms with E-state index in [1.54, 1.807) is 0 Å². The van der Waals surface area contributed by atoms with E-state index < -0.39 is 0 Å². The van der Waals surface area contributed by atoms with E-state index in [0.29, 0.717) is 16.9 Å². The minimum atomic E-state index is 0.292. The minimum Gasteiger partial charge on any atom is -0.377 e. The van der Waals surface area contributed by atoms with Crippen molar-refractivity contribution in [1.29, 1.82) is 0 Å². The summed E-state index contributed by atoms with van der Waals surface area (Å²) in [5.74, 6) is 0. The van der Waals surface area contributed by atoms with Gasteiger partial charge in [0, 0.05) is 6.61 Å². The SMILES string of the molecule is CC(C)(C)[C@@H]1OCCC1(C)C. The second kappa shape index (κ2) is 2.48. The average molecular weight is 156 g/mol. The fourth-order valence-electron chi connectivity index (χ4n) is 2.22. The molecule has 1 atom stereocenters. The Morgan fingerprint density at radius 3 is 2.00 bits per heavy atom. The highest BCUT2D eigenvalue weighted by Crippen LogP contribution is 2.42. The van der Waals surface area contributed by atoms with Crippen LogP contribution in [0.1, 0.15) is 41.0 Å². The lowest BCUT2D eigenvalue weighted by molar-refractivity contribution is -0.0180. The Hall–Kier alpha value is -0.0400. The summed E-state index contributed by atoms with van der Waals surface area (Å²) in [6.45, 7) is 12.3. The zero-order valence-corrected chi connectivity index (χ0v) is 8.40. The van der Waals surface area contributed by atoms with Crippen LogP contribution in [0.4, 0.5) is 0 Å². The highest BCUT2D eigenvalue weighted by atomic mass is 16.5. The molecule has 0 radical (unpaired) electrons. The van der Waals surface area contributed by atoms with Crippen molar-refractivity contribution in [3.05, 3.63) is 0 Å². The van der Waals surface area contributed by atoms with Crippen LogP contribution in [0.15, 0.2) is 0 Å². The zero-order chi connectivity index (χ0) is 8.70. The Kier molecular flexibility index (Phi) is 2.04. The summed E-state index contributed by atoms with van der Waals surface area (Å²) in [5.41, 5.74) is 0.665. The molecule has 1 fully saturated rings. The van der Waals surface area contributed by atoms with Gasteiger partial charge in [-0.3, -0.25) is 0 Å². The fraction of sp³-hybridized carbons (Fsp3) is 1.00. The maximum Gasteiger partial charge on any atom is 0.0675 e. The van der Waals surface area contributed by atoms with Gasteiger partial charge in [0.05, 0.1) is 6.10 Å². The van der Waals surface area contributed by atoms with Crippen LogP contribution in [-0.4, -0.2) is 12.7 Å². The molecule has 1 aliphatic rings. The van der Waals surface area contributed by atoms with Crippen molar-refractivity contribution in [1.82, 2.24) is 0 Å². The predicted octanol–water partition coefficient (Wildman–Crippen LogP) is 2.85. The van der Waals surface area contributed by atoms with Gasteiger partial charge in [-0.05, 0) is 17.3 Å². The van der Waals surface area contributed by atoms with Gasteiger partial charge >= 0.3 is 0 Å². The van der Waals surface area contributed by atoms with Crippen LogP contribution in [0, 0.1) is 10.8 Å². The van der Waals surface area contributed by atoms with Crippen molar-refractivity contribution < 1.29 is 4.74 Å². The third-order valence-electron chi connectivity index (χ3n) is 2.53. The summed E-state index contributed by atoms with van der Waals surface area (Å²) in [6, 6.07) is 0. The molecular formula is C10H20O. The predicted molar refractivity (Wildman–Crippen MR) is 47.6 cm³/mol. The van der Waals surface area contributed by atoms with Crippen molar-refractivity contribution >= 4 is 0 Å². The Morgan fingerprint density at radius 1 is 1.27 bits per heavy atom. The standard InChI is InChI=1S/C10H20O/c1-9(2,3)8-10(4,5)6-7-11-8/h8H,6-7H2,1-5H3/t8-/m0/s1. The molecule has 1 saturated heterocycles. The monoisotopic (exact) mass is 156 g/mol. The maximum absolute atomic E-state index is 5.73. The molecule has 1 heterocycles. The van der Waals surface area contributed by atoms with Crippen LogP contribution < -0.4 is 0 Å². The highest BCUT2D eigenvalue weighted by Gasteiger charge is 2.42. The van der Waals surface area contributed by atoms with Crippen LogP contribution in [0.5, 0.6) is 0 Å². The summed E-state index contributed by atoms with van der Waals surface area (Å²) < 4.78 is 5.73. The first kappa shape index (κ1) is 9.05. The molecule has 0 aromatic rings. The molecule has 0 aromatic heterocycles. The van der Waals surface area contributed by atoms with E-state index >= 15 is 0 Å². The lowest BCUT2D eigenvalue weighted by Crippen LogP contribution is -2.36. The van der Waals surface area contributed by atoms with Gasteiger partial charge in [-0.25, -0.2) is 0 Å². The fourth-order valence-corrected chi connectivity index (χ4v) is 2.22. The Balaban J connectivity index is 2.73. The number of rotatable bonds is 0. The van der Waals surface area contributed by atoms with Gasteiger partial charge in [-0.15, -0.1) is 0 Å². The molecule has 0 saturated carbocycles. The van der Waals surface area contributed by atoms with E-state index in [4.69, 9.17) is 4.74 Å². The average Bonchev–Trinajstić information content (AvgIpc) is 2.06. The molecule has 0 bridgehead atoms. The normalized spacial score (nSPS) is 30.8. The lowest BCUT2D eigenvalue weighted by Gasteiger charge is -2.36.